The highest BCUT2D eigenvalue weighted by atomic mass is 16.5. The molecule has 0 bridgehead atoms. The first-order valence-electron chi connectivity index (χ1n) is 8.44. The highest BCUT2D eigenvalue weighted by Crippen LogP contribution is 2.29. The highest BCUT2D eigenvalue weighted by molar-refractivity contribution is 5.95. The molecule has 0 aliphatic heterocycles. The predicted molar refractivity (Wildman–Crippen MR) is 97.7 cm³/mol. The molecule has 0 spiro atoms. The summed E-state index contributed by atoms with van der Waals surface area (Å²) in [5, 5.41) is 2.99. The van der Waals surface area contributed by atoms with Crippen LogP contribution in [0.15, 0.2) is 42.5 Å². The predicted octanol–water partition coefficient (Wildman–Crippen LogP) is 3.98. The summed E-state index contributed by atoms with van der Waals surface area (Å²) < 4.78 is 16.5. The van der Waals surface area contributed by atoms with E-state index in [0.717, 1.165) is 11.3 Å². The number of amides is 1. The molecule has 0 aromatic heterocycles. The Morgan fingerprint density at radius 3 is 2.36 bits per heavy atom. The monoisotopic (exact) mass is 343 g/mol. The van der Waals surface area contributed by atoms with Crippen molar-refractivity contribution in [1.82, 2.24) is 5.32 Å². The van der Waals surface area contributed by atoms with Crippen molar-refractivity contribution in [3.05, 3.63) is 53.6 Å². The van der Waals surface area contributed by atoms with E-state index in [-0.39, 0.29) is 11.9 Å². The average molecular weight is 343 g/mol. The van der Waals surface area contributed by atoms with Crippen LogP contribution in [0.1, 0.15) is 42.7 Å². The number of benzene rings is 2. The Hall–Kier alpha value is -2.69. The molecule has 0 unspecified atom stereocenters. The fourth-order valence-corrected chi connectivity index (χ4v) is 2.57. The smallest absolute Gasteiger partial charge is 0.251 e. The van der Waals surface area contributed by atoms with Gasteiger partial charge in [-0.05, 0) is 45.0 Å². The first kappa shape index (κ1) is 18.6. The van der Waals surface area contributed by atoms with E-state index in [1.54, 1.807) is 25.3 Å². The lowest BCUT2D eigenvalue weighted by Crippen LogP contribution is -2.27. The highest BCUT2D eigenvalue weighted by Gasteiger charge is 2.16. The Labute approximate surface area is 148 Å². The summed E-state index contributed by atoms with van der Waals surface area (Å²) in [5.41, 5.74) is 1.45. The molecule has 134 valence electrons. The van der Waals surface area contributed by atoms with Crippen LogP contribution < -0.4 is 19.5 Å². The molecule has 2 aromatic rings. The number of hydrogen-bond acceptors (Lipinski definition) is 4. The maximum absolute atomic E-state index is 12.6. The summed E-state index contributed by atoms with van der Waals surface area (Å²) in [6.45, 7) is 6.77. The third-order valence-electron chi connectivity index (χ3n) is 3.76. The number of hydrogen-bond donors (Lipinski definition) is 1. The molecule has 25 heavy (non-hydrogen) atoms. The quantitative estimate of drug-likeness (QED) is 0.787. The number of ether oxygens (including phenoxy) is 3. The van der Waals surface area contributed by atoms with E-state index in [9.17, 15) is 4.79 Å². The zero-order valence-electron chi connectivity index (χ0n) is 15.2. The minimum Gasteiger partial charge on any atom is -0.496 e. The lowest BCUT2D eigenvalue weighted by Gasteiger charge is -2.18. The molecule has 5 heteroatoms. The molecule has 0 saturated heterocycles. The van der Waals surface area contributed by atoms with E-state index < -0.39 is 0 Å². The van der Waals surface area contributed by atoms with Crippen molar-refractivity contribution in [3.63, 3.8) is 0 Å². The average Bonchev–Trinajstić information content (AvgIpc) is 2.63. The van der Waals surface area contributed by atoms with Crippen molar-refractivity contribution in [3.8, 4) is 17.2 Å². The molecule has 0 saturated carbocycles. The van der Waals surface area contributed by atoms with Gasteiger partial charge in [-0.15, -0.1) is 0 Å². The number of rotatable bonds is 8. The van der Waals surface area contributed by atoms with Gasteiger partial charge in [-0.1, -0.05) is 18.2 Å². The number of carbonyl (C=O) groups is 1. The number of nitrogens with one attached hydrogen (secondary N) is 1. The Kier molecular flexibility index (Phi) is 6.69. The van der Waals surface area contributed by atoms with E-state index in [1.165, 1.54) is 0 Å². The number of methoxy groups -OCH3 is 1. The van der Waals surface area contributed by atoms with Crippen LogP contribution in [-0.2, 0) is 0 Å². The molecule has 0 fully saturated rings. The third-order valence-corrected chi connectivity index (χ3v) is 3.76. The van der Waals surface area contributed by atoms with Gasteiger partial charge < -0.3 is 19.5 Å². The minimum atomic E-state index is -0.189. The second-order valence-electron chi connectivity index (χ2n) is 5.46. The van der Waals surface area contributed by atoms with Gasteiger partial charge in [0.05, 0.1) is 26.4 Å². The lowest BCUT2D eigenvalue weighted by atomic mass is 10.1. The van der Waals surface area contributed by atoms with Gasteiger partial charge in [-0.3, -0.25) is 4.79 Å². The van der Waals surface area contributed by atoms with E-state index in [1.807, 2.05) is 45.0 Å². The molecule has 2 aromatic carbocycles. The first-order valence-corrected chi connectivity index (χ1v) is 8.44. The Bertz CT molecular complexity index is 715. The zero-order chi connectivity index (χ0) is 18.2. The molecule has 0 radical (unpaired) electrons. The van der Waals surface area contributed by atoms with Crippen LogP contribution >= 0.6 is 0 Å². The van der Waals surface area contributed by atoms with Gasteiger partial charge in [0.1, 0.15) is 5.75 Å². The maximum atomic E-state index is 12.6. The van der Waals surface area contributed by atoms with Crippen LogP contribution in [0, 0.1) is 0 Å². The SMILES string of the molecule is CCOc1ccc(C(=O)N[C@H](C)c2ccccc2OC)cc1OCC. The molecule has 0 heterocycles. The van der Waals surface area contributed by atoms with Crippen LogP contribution in [0.5, 0.6) is 17.2 Å². The molecule has 0 aliphatic carbocycles. The van der Waals surface area contributed by atoms with Gasteiger partial charge >= 0.3 is 0 Å². The standard InChI is InChI=1S/C20H25NO4/c1-5-24-18-12-11-15(13-19(18)25-6-2)20(22)21-14(3)16-9-7-8-10-17(16)23-4/h7-14H,5-6H2,1-4H3,(H,21,22)/t14-/m1/s1. The minimum absolute atomic E-state index is 0.178. The Morgan fingerprint density at radius 1 is 1.00 bits per heavy atom. The lowest BCUT2D eigenvalue weighted by molar-refractivity contribution is 0.0939. The second kappa shape index (κ2) is 8.97. The van der Waals surface area contributed by atoms with Crippen LogP contribution in [0.4, 0.5) is 0 Å². The Balaban J connectivity index is 2.18. The molecule has 1 amide bonds. The maximum Gasteiger partial charge on any atom is 0.251 e. The van der Waals surface area contributed by atoms with Crippen LogP contribution in [0.2, 0.25) is 0 Å². The van der Waals surface area contributed by atoms with E-state index >= 15 is 0 Å². The van der Waals surface area contributed by atoms with Gasteiger partial charge in [-0.25, -0.2) is 0 Å². The summed E-state index contributed by atoms with van der Waals surface area (Å²) in [7, 11) is 1.62. The van der Waals surface area contributed by atoms with Gasteiger partial charge in [0.25, 0.3) is 5.91 Å². The molecular weight excluding hydrogens is 318 g/mol. The van der Waals surface area contributed by atoms with E-state index in [4.69, 9.17) is 14.2 Å². The topological polar surface area (TPSA) is 56.8 Å². The van der Waals surface area contributed by atoms with Crippen molar-refractivity contribution in [1.29, 1.82) is 0 Å². The Morgan fingerprint density at radius 2 is 1.68 bits per heavy atom. The summed E-state index contributed by atoms with van der Waals surface area (Å²) >= 11 is 0. The molecular formula is C20H25NO4. The summed E-state index contributed by atoms with van der Waals surface area (Å²) in [6.07, 6.45) is 0. The molecule has 0 aliphatic rings. The third kappa shape index (κ3) is 4.66. The van der Waals surface area contributed by atoms with Crippen molar-refractivity contribution < 1.29 is 19.0 Å². The summed E-state index contributed by atoms with van der Waals surface area (Å²) in [6, 6.07) is 12.6. The molecule has 1 N–H and O–H groups in total. The van der Waals surface area contributed by atoms with E-state index in [0.29, 0.717) is 30.3 Å². The summed E-state index contributed by atoms with van der Waals surface area (Å²) in [4.78, 5) is 12.6. The second-order valence-corrected chi connectivity index (χ2v) is 5.46. The van der Waals surface area contributed by atoms with Crippen LogP contribution in [-0.4, -0.2) is 26.2 Å². The van der Waals surface area contributed by atoms with Crippen molar-refractivity contribution in [2.75, 3.05) is 20.3 Å². The molecule has 1 atom stereocenters. The zero-order valence-corrected chi connectivity index (χ0v) is 15.2. The normalized spacial score (nSPS) is 11.5. The molecule has 5 nitrogen and oxygen atoms in total. The fraction of sp³-hybridized carbons (Fsp3) is 0.350. The van der Waals surface area contributed by atoms with Gasteiger partial charge in [0.15, 0.2) is 11.5 Å². The first-order chi connectivity index (χ1) is 12.1. The van der Waals surface area contributed by atoms with Gasteiger partial charge in [0, 0.05) is 11.1 Å². The number of carbonyl (C=O) groups excluding carboxylic acids is 1. The van der Waals surface area contributed by atoms with Crippen LogP contribution in [0.25, 0.3) is 0 Å². The van der Waals surface area contributed by atoms with Crippen LogP contribution in [0.3, 0.4) is 0 Å². The van der Waals surface area contributed by atoms with E-state index in [2.05, 4.69) is 5.32 Å². The van der Waals surface area contributed by atoms with Crippen molar-refractivity contribution in [2.45, 2.75) is 26.8 Å². The summed E-state index contributed by atoms with van der Waals surface area (Å²) in [5.74, 6) is 1.78. The molecule has 2 rings (SSSR count). The van der Waals surface area contributed by atoms with Crippen molar-refractivity contribution >= 4 is 5.91 Å². The van der Waals surface area contributed by atoms with Gasteiger partial charge in [0.2, 0.25) is 0 Å². The van der Waals surface area contributed by atoms with Crippen molar-refractivity contribution in [2.24, 2.45) is 0 Å². The number of para-hydroxylation sites is 1. The largest absolute Gasteiger partial charge is 0.496 e. The fourth-order valence-electron chi connectivity index (χ4n) is 2.57. The van der Waals surface area contributed by atoms with Gasteiger partial charge in [-0.2, -0.15) is 0 Å².